The number of aliphatic hydroxyl groups is 1. The van der Waals surface area contributed by atoms with Crippen LogP contribution in [0.1, 0.15) is 31.3 Å². The lowest BCUT2D eigenvalue weighted by Gasteiger charge is -2.16. The molecular weight excluding hydrogens is 290 g/mol. The van der Waals surface area contributed by atoms with Gasteiger partial charge in [0.2, 0.25) is 0 Å². The summed E-state index contributed by atoms with van der Waals surface area (Å²) in [5, 5.41) is 15.2. The van der Waals surface area contributed by atoms with Gasteiger partial charge in [0.15, 0.2) is 0 Å². The highest BCUT2D eigenvalue weighted by atomic mass is 35.5. The molecule has 0 radical (unpaired) electrons. The highest BCUT2D eigenvalue weighted by Gasteiger charge is 2.20. The molecule has 2 aromatic rings. The summed E-state index contributed by atoms with van der Waals surface area (Å²) in [6, 6.07) is 5.31. The van der Waals surface area contributed by atoms with Gasteiger partial charge in [0.1, 0.15) is 17.9 Å². The molecule has 0 saturated carbocycles. The molecule has 2 rings (SSSR count). The normalized spacial score (nSPS) is 12.7. The van der Waals surface area contributed by atoms with E-state index >= 15 is 0 Å². The summed E-state index contributed by atoms with van der Waals surface area (Å²) in [7, 11) is 1.56. The van der Waals surface area contributed by atoms with Crippen molar-refractivity contribution in [2.24, 2.45) is 5.92 Å². The third-order valence-electron chi connectivity index (χ3n) is 3.18. The van der Waals surface area contributed by atoms with E-state index in [0.29, 0.717) is 28.7 Å². The first kappa shape index (κ1) is 15.8. The molecule has 0 spiro atoms. The fourth-order valence-corrected chi connectivity index (χ4v) is 2.53. The largest absolute Gasteiger partial charge is 0.496 e. The Morgan fingerprint density at radius 1 is 1.38 bits per heavy atom. The summed E-state index contributed by atoms with van der Waals surface area (Å²) in [6.45, 7) is 4.99. The molecule has 0 saturated heterocycles. The standard InChI is InChI=1S/C15H20ClN3O2/c1-10(2)8-19-14(17-9-18-19)7-12(20)15-11(16)5-4-6-13(15)21-3/h4-6,9-10,12,20H,7-8H2,1-3H3. The lowest BCUT2D eigenvalue weighted by atomic mass is 10.0. The van der Waals surface area contributed by atoms with Crippen LogP contribution >= 0.6 is 11.6 Å². The Kier molecular flexibility index (Phi) is 5.20. The van der Waals surface area contributed by atoms with Crippen LogP contribution in [0.25, 0.3) is 0 Å². The van der Waals surface area contributed by atoms with Crippen molar-refractivity contribution in [1.82, 2.24) is 14.8 Å². The fraction of sp³-hybridized carbons (Fsp3) is 0.467. The van der Waals surface area contributed by atoms with Crippen LogP contribution < -0.4 is 4.74 Å². The summed E-state index contributed by atoms with van der Waals surface area (Å²) in [6.07, 6.45) is 1.06. The van der Waals surface area contributed by atoms with E-state index in [1.807, 2.05) is 4.68 Å². The van der Waals surface area contributed by atoms with Gasteiger partial charge in [-0.25, -0.2) is 9.67 Å². The van der Waals surface area contributed by atoms with Crippen molar-refractivity contribution in [3.8, 4) is 5.75 Å². The molecule has 1 N–H and O–H groups in total. The number of methoxy groups -OCH3 is 1. The molecule has 0 aliphatic rings. The van der Waals surface area contributed by atoms with Gasteiger partial charge in [-0.2, -0.15) is 5.10 Å². The monoisotopic (exact) mass is 309 g/mol. The van der Waals surface area contributed by atoms with Crippen LogP contribution in [0.2, 0.25) is 5.02 Å². The molecule has 5 nitrogen and oxygen atoms in total. The summed E-state index contributed by atoms with van der Waals surface area (Å²) in [5.41, 5.74) is 0.584. The van der Waals surface area contributed by atoms with Gasteiger partial charge in [-0.15, -0.1) is 0 Å². The van der Waals surface area contributed by atoms with Crippen LogP contribution in [0, 0.1) is 5.92 Å². The zero-order valence-corrected chi connectivity index (χ0v) is 13.2. The molecule has 114 valence electrons. The van der Waals surface area contributed by atoms with E-state index in [1.165, 1.54) is 6.33 Å². The Hall–Kier alpha value is -1.59. The first-order valence-corrected chi connectivity index (χ1v) is 7.27. The van der Waals surface area contributed by atoms with E-state index in [0.717, 1.165) is 12.4 Å². The van der Waals surface area contributed by atoms with Crippen LogP contribution in [0.15, 0.2) is 24.5 Å². The van der Waals surface area contributed by atoms with Crippen molar-refractivity contribution < 1.29 is 9.84 Å². The Morgan fingerprint density at radius 3 is 2.81 bits per heavy atom. The predicted molar refractivity (Wildman–Crippen MR) is 81.5 cm³/mol. The third-order valence-corrected chi connectivity index (χ3v) is 3.51. The molecule has 1 aromatic carbocycles. The van der Waals surface area contributed by atoms with E-state index in [9.17, 15) is 5.11 Å². The number of aromatic nitrogens is 3. The molecule has 1 unspecified atom stereocenters. The summed E-state index contributed by atoms with van der Waals surface area (Å²) >= 11 is 6.18. The van der Waals surface area contributed by atoms with Gasteiger partial charge in [0.05, 0.1) is 18.2 Å². The molecule has 1 atom stereocenters. The molecule has 21 heavy (non-hydrogen) atoms. The number of aliphatic hydroxyl groups excluding tert-OH is 1. The first-order valence-electron chi connectivity index (χ1n) is 6.90. The number of hydrogen-bond acceptors (Lipinski definition) is 4. The second-order valence-electron chi connectivity index (χ2n) is 5.33. The molecule has 0 fully saturated rings. The highest BCUT2D eigenvalue weighted by Crippen LogP contribution is 2.33. The molecular formula is C15H20ClN3O2. The van der Waals surface area contributed by atoms with Gasteiger partial charge in [0, 0.05) is 18.5 Å². The molecule has 0 aliphatic heterocycles. The Morgan fingerprint density at radius 2 is 2.14 bits per heavy atom. The van der Waals surface area contributed by atoms with Gasteiger partial charge in [-0.1, -0.05) is 31.5 Å². The summed E-state index contributed by atoms with van der Waals surface area (Å²) in [4.78, 5) is 4.23. The average Bonchev–Trinajstić information content (AvgIpc) is 2.84. The second kappa shape index (κ2) is 6.91. The maximum Gasteiger partial charge on any atom is 0.138 e. The summed E-state index contributed by atoms with van der Waals surface area (Å²) in [5.74, 6) is 1.76. The van der Waals surface area contributed by atoms with E-state index < -0.39 is 6.10 Å². The lowest BCUT2D eigenvalue weighted by Crippen LogP contribution is -2.14. The molecule has 6 heteroatoms. The van der Waals surface area contributed by atoms with E-state index in [-0.39, 0.29) is 0 Å². The number of halogens is 1. The van der Waals surface area contributed by atoms with Crippen molar-refractivity contribution in [1.29, 1.82) is 0 Å². The van der Waals surface area contributed by atoms with Gasteiger partial charge >= 0.3 is 0 Å². The molecule has 1 heterocycles. The van der Waals surface area contributed by atoms with Gasteiger partial charge in [0.25, 0.3) is 0 Å². The van der Waals surface area contributed by atoms with Gasteiger partial charge in [-0.3, -0.25) is 0 Å². The minimum atomic E-state index is -0.788. The zero-order chi connectivity index (χ0) is 15.4. The van der Waals surface area contributed by atoms with Crippen molar-refractivity contribution in [2.45, 2.75) is 32.9 Å². The Bertz CT molecular complexity index is 598. The Balaban J connectivity index is 2.23. The van der Waals surface area contributed by atoms with Crippen LogP contribution in [0.4, 0.5) is 0 Å². The first-order chi connectivity index (χ1) is 10.0. The minimum absolute atomic E-state index is 0.340. The minimum Gasteiger partial charge on any atom is -0.496 e. The predicted octanol–water partition coefficient (Wildman–Crippen LogP) is 2.87. The summed E-state index contributed by atoms with van der Waals surface area (Å²) < 4.78 is 7.09. The number of ether oxygens (including phenoxy) is 1. The average molecular weight is 310 g/mol. The third kappa shape index (κ3) is 3.74. The Labute approximate surface area is 129 Å². The molecule has 0 amide bonds. The maximum atomic E-state index is 10.5. The SMILES string of the molecule is COc1cccc(Cl)c1C(O)Cc1ncnn1CC(C)C. The second-order valence-corrected chi connectivity index (χ2v) is 5.74. The topological polar surface area (TPSA) is 60.2 Å². The lowest BCUT2D eigenvalue weighted by molar-refractivity contribution is 0.169. The number of hydrogen-bond donors (Lipinski definition) is 1. The van der Waals surface area contributed by atoms with Crippen molar-refractivity contribution in [2.75, 3.05) is 7.11 Å². The highest BCUT2D eigenvalue weighted by molar-refractivity contribution is 6.31. The van der Waals surface area contributed by atoms with Crippen LogP contribution in [-0.4, -0.2) is 27.0 Å². The molecule has 0 aliphatic carbocycles. The molecule has 0 bridgehead atoms. The van der Waals surface area contributed by atoms with Crippen LogP contribution in [0.3, 0.4) is 0 Å². The van der Waals surface area contributed by atoms with Gasteiger partial charge in [-0.05, 0) is 18.1 Å². The van der Waals surface area contributed by atoms with Crippen LogP contribution in [-0.2, 0) is 13.0 Å². The number of nitrogens with zero attached hydrogens (tertiary/aromatic N) is 3. The number of rotatable bonds is 6. The molecule has 1 aromatic heterocycles. The quantitative estimate of drug-likeness (QED) is 0.891. The van der Waals surface area contributed by atoms with Crippen molar-refractivity contribution in [3.63, 3.8) is 0 Å². The van der Waals surface area contributed by atoms with Crippen molar-refractivity contribution >= 4 is 11.6 Å². The van der Waals surface area contributed by atoms with Crippen molar-refractivity contribution in [3.05, 3.63) is 40.9 Å². The smallest absolute Gasteiger partial charge is 0.138 e. The van der Waals surface area contributed by atoms with Gasteiger partial charge < -0.3 is 9.84 Å². The van der Waals surface area contributed by atoms with Crippen LogP contribution in [0.5, 0.6) is 5.75 Å². The maximum absolute atomic E-state index is 10.5. The van der Waals surface area contributed by atoms with E-state index in [1.54, 1.807) is 25.3 Å². The van der Waals surface area contributed by atoms with E-state index in [4.69, 9.17) is 16.3 Å². The fourth-order valence-electron chi connectivity index (χ4n) is 2.24. The van der Waals surface area contributed by atoms with E-state index in [2.05, 4.69) is 23.9 Å². The number of benzene rings is 1. The zero-order valence-electron chi connectivity index (χ0n) is 12.5.